The summed E-state index contributed by atoms with van der Waals surface area (Å²) >= 11 is 0. The van der Waals surface area contributed by atoms with Gasteiger partial charge in [0.25, 0.3) is 0 Å². The molecule has 0 radical (unpaired) electrons. The number of likely N-dealkylation sites (tertiary alicyclic amines) is 1. The molecule has 0 spiro atoms. The van der Waals surface area contributed by atoms with Crippen LogP contribution in [0.15, 0.2) is 34.9 Å². The number of carbonyl (C=O) groups is 1. The fourth-order valence-electron chi connectivity index (χ4n) is 4.68. The van der Waals surface area contributed by atoms with Gasteiger partial charge in [-0.1, -0.05) is 31.2 Å². The Bertz CT molecular complexity index is 935. The lowest BCUT2D eigenvalue weighted by atomic mass is 9.84. The summed E-state index contributed by atoms with van der Waals surface area (Å²) in [4.78, 5) is 21.9. The molecular formula is C25H35N3O4S. The predicted molar refractivity (Wildman–Crippen MR) is 129 cm³/mol. The minimum atomic E-state index is -0.808. The van der Waals surface area contributed by atoms with E-state index in [0.717, 1.165) is 25.0 Å². The molecule has 2 aliphatic rings. The van der Waals surface area contributed by atoms with E-state index in [1.165, 1.54) is 11.1 Å². The predicted octanol–water partition coefficient (Wildman–Crippen LogP) is 3.57. The Labute approximate surface area is 198 Å². The number of aromatic nitrogens is 1. The van der Waals surface area contributed by atoms with E-state index in [2.05, 4.69) is 31.2 Å². The van der Waals surface area contributed by atoms with Gasteiger partial charge in [0.2, 0.25) is 0 Å². The Balaban J connectivity index is 1.52. The van der Waals surface area contributed by atoms with Crippen LogP contribution in [0.3, 0.4) is 0 Å². The Morgan fingerprint density at radius 1 is 1.12 bits per heavy atom. The third-order valence-electron chi connectivity index (χ3n) is 6.65. The lowest BCUT2D eigenvalue weighted by Gasteiger charge is -2.40. The maximum atomic E-state index is 13.4. The van der Waals surface area contributed by atoms with Crippen molar-refractivity contribution in [3.05, 3.63) is 53.2 Å². The Kier molecular flexibility index (Phi) is 8.20. The van der Waals surface area contributed by atoms with Gasteiger partial charge >= 0.3 is 6.03 Å². The zero-order valence-corrected chi connectivity index (χ0v) is 20.5. The third kappa shape index (κ3) is 6.03. The summed E-state index contributed by atoms with van der Waals surface area (Å²) in [7, 11) is -0.808. The van der Waals surface area contributed by atoms with Gasteiger partial charge in [-0.05, 0) is 30.9 Å². The maximum absolute atomic E-state index is 13.4. The van der Waals surface area contributed by atoms with Gasteiger partial charge in [0.15, 0.2) is 5.89 Å². The second-order valence-corrected chi connectivity index (χ2v) is 10.6. The van der Waals surface area contributed by atoms with E-state index in [9.17, 15) is 9.00 Å². The van der Waals surface area contributed by atoms with Crippen molar-refractivity contribution in [1.29, 1.82) is 0 Å². The number of benzene rings is 1. The average molecular weight is 474 g/mol. The van der Waals surface area contributed by atoms with Gasteiger partial charge in [-0.3, -0.25) is 4.21 Å². The summed E-state index contributed by atoms with van der Waals surface area (Å²) in [5.41, 5.74) is 3.45. The first kappa shape index (κ1) is 24.0. The summed E-state index contributed by atoms with van der Waals surface area (Å²) in [6.07, 6.45) is 4.35. The molecule has 2 saturated heterocycles. The molecule has 2 aromatic rings. The van der Waals surface area contributed by atoms with Crippen LogP contribution in [-0.4, -0.2) is 75.9 Å². The van der Waals surface area contributed by atoms with Crippen molar-refractivity contribution in [1.82, 2.24) is 14.8 Å². The Morgan fingerprint density at radius 3 is 2.55 bits per heavy atom. The van der Waals surface area contributed by atoms with E-state index >= 15 is 0 Å². The van der Waals surface area contributed by atoms with E-state index in [1.807, 2.05) is 16.7 Å². The van der Waals surface area contributed by atoms with Gasteiger partial charge in [0.05, 0.1) is 18.2 Å². The first-order valence-electron chi connectivity index (χ1n) is 12.1. The highest BCUT2D eigenvalue weighted by atomic mass is 32.2. The van der Waals surface area contributed by atoms with Gasteiger partial charge < -0.3 is 19.0 Å². The molecule has 0 bridgehead atoms. The van der Waals surface area contributed by atoms with Crippen LogP contribution in [0.2, 0.25) is 0 Å². The van der Waals surface area contributed by atoms with Crippen LogP contribution in [0.1, 0.15) is 54.8 Å². The molecule has 2 fully saturated rings. The first-order valence-corrected chi connectivity index (χ1v) is 13.6. The number of carbonyl (C=O) groups excluding carboxylic acids is 1. The van der Waals surface area contributed by atoms with Gasteiger partial charge in [-0.15, -0.1) is 0 Å². The molecule has 3 heterocycles. The molecule has 8 heteroatoms. The summed E-state index contributed by atoms with van der Waals surface area (Å²) in [5, 5.41) is 0. The number of oxazole rings is 1. The van der Waals surface area contributed by atoms with Crippen LogP contribution >= 0.6 is 0 Å². The molecule has 180 valence electrons. The van der Waals surface area contributed by atoms with Crippen molar-refractivity contribution in [3.8, 4) is 0 Å². The molecule has 4 rings (SSSR count). The fourth-order valence-corrected chi connectivity index (χ4v) is 5.73. The van der Waals surface area contributed by atoms with Crippen LogP contribution in [0.25, 0.3) is 0 Å². The fraction of sp³-hybridized carbons (Fsp3) is 0.600. The highest BCUT2D eigenvalue weighted by molar-refractivity contribution is 7.85. The largest absolute Gasteiger partial charge is 0.448 e. The van der Waals surface area contributed by atoms with Gasteiger partial charge in [0, 0.05) is 67.4 Å². The summed E-state index contributed by atoms with van der Waals surface area (Å²) < 4.78 is 23.1. The van der Waals surface area contributed by atoms with Crippen molar-refractivity contribution in [2.75, 3.05) is 50.9 Å². The lowest BCUT2D eigenvalue weighted by molar-refractivity contribution is 0.131. The standard InChI is InChI=1S/C25H35N3O4S/c1-3-19-5-7-20(8-6-19)21-15-22(24-26-23(18-32-24)9-12-31-4-2)17-28(16-21)25(29)27-10-13-33(30)14-11-27/h5-8,18,21-22H,3-4,9-17H2,1-2H3. The zero-order chi connectivity index (χ0) is 23.2. The normalized spacial score (nSPS) is 22.0. The number of aryl methyl sites for hydroxylation is 1. The number of hydrogen-bond acceptors (Lipinski definition) is 5. The zero-order valence-electron chi connectivity index (χ0n) is 19.7. The maximum Gasteiger partial charge on any atom is 0.320 e. The summed E-state index contributed by atoms with van der Waals surface area (Å²) in [6.45, 7) is 7.84. The molecule has 2 unspecified atom stereocenters. The van der Waals surface area contributed by atoms with E-state index < -0.39 is 10.8 Å². The molecule has 33 heavy (non-hydrogen) atoms. The van der Waals surface area contributed by atoms with Gasteiger partial charge in [-0.25, -0.2) is 9.78 Å². The Morgan fingerprint density at radius 2 is 1.85 bits per heavy atom. The van der Waals surface area contributed by atoms with Crippen LogP contribution in [-0.2, 0) is 28.4 Å². The number of piperidine rings is 1. The smallest absolute Gasteiger partial charge is 0.320 e. The Hall–Kier alpha value is -2.19. The average Bonchev–Trinajstić information content (AvgIpc) is 3.33. The van der Waals surface area contributed by atoms with E-state index in [4.69, 9.17) is 14.1 Å². The molecule has 2 aliphatic heterocycles. The summed E-state index contributed by atoms with van der Waals surface area (Å²) in [5.74, 6) is 2.09. The van der Waals surface area contributed by atoms with E-state index in [1.54, 1.807) is 6.26 Å². The number of rotatable bonds is 7. The van der Waals surface area contributed by atoms with E-state index in [0.29, 0.717) is 56.8 Å². The van der Waals surface area contributed by atoms with Crippen LogP contribution < -0.4 is 0 Å². The second-order valence-electron chi connectivity index (χ2n) is 8.87. The first-order chi connectivity index (χ1) is 16.1. The van der Waals surface area contributed by atoms with Crippen LogP contribution in [0.5, 0.6) is 0 Å². The molecule has 0 saturated carbocycles. The van der Waals surface area contributed by atoms with Crippen LogP contribution in [0, 0.1) is 0 Å². The second kappa shape index (κ2) is 11.3. The quantitative estimate of drug-likeness (QED) is 0.575. The molecule has 0 aliphatic carbocycles. The minimum Gasteiger partial charge on any atom is -0.448 e. The minimum absolute atomic E-state index is 0.0368. The molecule has 1 aromatic heterocycles. The van der Waals surface area contributed by atoms with Crippen molar-refractivity contribution >= 4 is 16.8 Å². The van der Waals surface area contributed by atoms with Crippen molar-refractivity contribution in [3.63, 3.8) is 0 Å². The number of urea groups is 1. The lowest BCUT2D eigenvalue weighted by Crippen LogP contribution is -2.52. The molecule has 2 atom stereocenters. The van der Waals surface area contributed by atoms with E-state index in [-0.39, 0.29) is 17.9 Å². The topological polar surface area (TPSA) is 75.9 Å². The molecule has 7 nitrogen and oxygen atoms in total. The molecule has 2 amide bonds. The number of nitrogens with zero attached hydrogens (tertiary/aromatic N) is 3. The SMILES string of the molecule is CCOCCc1coc(C2CC(c3ccc(CC)cc3)CN(C(=O)N3CCS(=O)CC3)C2)n1. The number of amides is 2. The van der Waals surface area contributed by atoms with Crippen molar-refractivity contribution < 1.29 is 18.2 Å². The van der Waals surface area contributed by atoms with Gasteiger partial charge in [0.1, 0.15) is 6.26 Å². The van der Waals surface area contributed by atoms with Crippen molar-refractivity contribution in [2.45, 2.75) is 44.9 Å². The highest BCUT2D eigenvalue weighted by Crippen LogP contribution is 2.36. The molecular weight excluding hydrogens is 438 g/mol. The number of ether oxygens (including phenoxy) is 1. The van der Waals surface area contributed by atoms with Gasteiger partial charge in [-0.2, -0.15) is 0 Å². The monoisotopic (exact) mass is 473 g/mol. The van der Waals surface area contributed by atoms with Crippen LogP contribution in [0.4, 0.5) is 4.79 Å². The number of hydrogen-bond donors (Lipinski definition) is 0. The molecule has 0 N–H and O–H groups in total. The van der Waals surface area contributed by atoms with Crippen molar-refractivity contribution in [2.24, 2.45) is 0 Å². The molecule has 1 aromatic carbocycles. The highest BCUT2D eigenvalue weighted by Gasteiger charge is 2.36. The third-order valence-corrected chi connectivity index (χ3v) is 7.93. The summed E-state index contributed by atoms with van der Waals surface area (Å²) in [6, 6.07) is 8.79.